The van der Waals surface area contributed by atoms with E-state index in [2.05, 4.69) is 17.1 Å². The second kappa shape index (κ2) is 8.08. The van der Waals surface area contributed by atoms with Gasteiger partial charge in [0.25, 0.3) is 0 Å². The molecule has 0 bridgehead atoms. The standard InChI is InChI=1S/C12H26N2O/c1-3-8-14(11-12-4-5-12)9-6-13-7-10-15-2/h12-13H,3-11H2,1-2H3. The number of nitrogens with zero attached hydrogens (tertiary/aromatic N) is 1. The first-order valence-corrected chi connectivity index (χ1v) is 6.28. The van der Waals surface area contributed by atoms with Crippen molar-refractivity contribution >= 4 is 0 Å². The van der Waals surface area contributed by atoms with E-state index >= 15 is 0 Å². The van der Waals surface area contributed by atoms with Crippen molar-refractivity contribution in [2.45, 2.75) is 26.2 Å². The molecule has 0 aromatic heterocycles. The topological polar surface area (TPSA) is 24.5 Å². The van der Waals surface area contributed by atoms with Gasteiger partial charge in [0.15, 0.2) is 0 Å². The van der Waals surface area contributed by atoms with Crippen molar-refractivity contribution in [2.24, 2.45) is 5.92 Å². The predicted molar refractivity (Wildman–Crippen MR) is 64.2 cm³/mol. The van der Waals surface area contributed by atoms with E-state index in [0.29, 0.717) is 0 Å². The highest BCUT2D eigenvalue weighted by atomic mass is 16.5. The number of hydrogen-bond donors (Lipinski definition) is 1. The zero-order chi connectivity index (χ0) is 10.9. The molecule has 0 aliphatic heterocycles. The summed E-state index contributed by atoms with van der Waals surface area (Å²) in [6.07, 6.45) is 4.18. The fraction of sp³-hybridized carbons (Fsp3) is 1.00. The van der Waals surface area contributed by atoms with Crippen molar-refractivity contribution in [3.8, 4) is 0 Å². The van der Waals surface area contributed by atoms with E-state index in [0.717, 1.165) is 25.6 Å². The normalized spacial score (nSPS) is 16.2. The molecule has 1 rings (SSSR count). The van der Waals surface area contributed by atoms with E-state index in [1.165, 1.54) is 38.9 Å². The van der Waals surface area contributed by atoms with Gasteiger partial charge in [-0.15, -0.1) is 0 Å². The van der Waals surface area contributed by atoms with Crippen molar-refractivity contribution in [1.82, 2.24) is 10.2 Å². The summed E-state index contributed by atoms with van der Waals surface area (Å²) in [5.74, 6) is 1.01. The van der Waals surface area contributed by atoms with Crippen molar-refractivity contribution in [1.29, 1.82) is 0 Å². The van der Waals surface area contributed by atoms with Crippen LogP contribution in [-0.4, -0.2) is 51.3 Å². The Hall–Kier alpha value is -0.120. The summed E-state index contributed by atoms with van der Waals surface area (Å²) in [5, 5.41) is 3.40. The lowest BCUT2D eigenvalue weighted by molar-refractivity contribution is 0.196. The summed E-state index contributed by atoms with van der Waals surface area (Å²) in [6.45, 7) is 8.90. The molecule has 1 saturated carbocycles. The van der Waals surface area contributed by atoms with Crippen LogP contribution < -0.4 is 5.32 Å². The van der Waals surface area contributed by atoms with Crippen LogP contribution in [-0.2, 0) is 4.74 Å². The van der Waals surface area contributed by atoms with Crippen LogP contribution in [0.5, 0.6) is 0 Å². The van der Waals surface area contributed by atoms with Crippen LogP contribution in [0.1, 0.15) is 26.2 Å². The summed E-state index contributed by atoms with van der Waals surface area (Å²) < 4.78 is 4.99. The maximum Gasteiger partial charge on any atom is 0.0587 e. The molecule has 0 amide bonds. The highest BCUT2D eigenvalue weighted by Gasteiger charge is 2.23. The smallest absolute Gasteiger partial charge is 0.0587 e. The van der Waals surface area contributed by atoms with Gasteiger partial charge in [0, 0.05) is 33.3 Å². The number of nitrogens with one attached hydrogen (secondary N) is 1. The van der Waals surface area contributed by atoms with Gasteiger partial charge in [-0.25, -0.2) is 0 Å². The Kier molecular flexibility index (Phi) is 6.98. The van der Waals surface area contributed by atoms with Crippen molar-refractivity contribution in [3.05, 3.63) is 0 Å². The summed E-state index contributed by atoms with van der Waals surface area (Å²) in [5.41, 5.74) is 0. The Morgan fingerprint density at radius 1 is 1.27 bits per heavy atom. The average Bonchev–Trinajstić information content (AvgIpc) is 3.01. The quantitative estimate of drug-likeness (QED) is 0.556. The van der Waals surface area contributed by atoms with Gasteiger partial charge in [-0.1, -0.05) is 6.92 Å². The van der Waals surface area contributed by atoms with E-state index in [-0.39, 0.29) is 0 Å². The van der Waals surface area contributed by atoms with E-state index < -0.39 is 0 Å². The predicted octanol–water partition coefficient (Wildman–Crippen LogP) is 1.34. The maximum atomic E-state index is 4.99. The fourth-order valence-corrected chi connectivity index (χ4v) is 1.81. The summed E-state index contributed by atoms with van der Waals surface area (Å²) in [4.78, 5) is 2.59. The van der Waals surface area contributed by atoms with Crippen LogP contribution in [0.3, 0.4) is 0 Å². The molecule has 0 saturated heterocycles. The van der Waals surface area contributed by atoms with Gasteiger partial charge < -0.3 is 15.0 Å². The molecule has 1 N–H and O–H groups in total. The summed E-state index contributed by atoms with van der Waals surface area (Å²) in [7, 11) is 1.75. The second-order valence-electron chi connectivity index (χ2n) is 4.49. The minimum absolute atomic E-state index is 0.816. The summed E-state index contributed by atoms with van der Waals surface area (Å²) in [6, 6.07) is 0. The third kappa shape index (κ3) is 6.88. The molecule has 0 aromatic rings. The van der Waals surface area contributed by atoms with Crippen LogP contribution in [0.4, 0.5) is 0 Å². The number of ether oxygens (including phenoxy) is 1. The van der Waals surface area contributed by atoms with Crippen molar-refractivity contribution < 1.29 is 4.74 Å². The van der Waals surface area contributed by atoms with E-state index in [4.69, 9.17) is 4.74 Å². The third-order valence-electron chi connectivity index (χ3n) is 2.84. The zero-order valence-electron chi connectivity index (χ0n) is 10.3. The first kappa shape index (κ1) is 12.9. The van der Waals surface area contributed by atoms with Crippen LogP contribution in [0.2, 0.25) is 0 Å². The van der Waals surface area contributed by atoms with Gasteiger partial charge in [0.2, 0.25) is 0 Å². The molecule has 3 heteroatoms. The third-order valence-corrected chi connectivity index (χ3v) is 2.84. The Morgan fingerprint density at radius 3 is 2.67 bits per heavy atom. The molecule has 90 valence electrons. The van der Waals surface area contributed by atoms with Gasteiger partial charge in [-0.3, -0.25) is 0 Å². The lowest BCUT2D eigenvalue weighted by Crippen LogP contribution is -2.35. The maximum absolute atomic E-state index is 4.99. The second-order valence-corrected chi connectivity index (χ2v) is 4.49. The van der Waals surface area contributed by atoms with Crippen LogP contribution in [0.15, 0.2) is 0 Å². The molecule has 1 aliphatic carbocycles. The molecular formula is C12H26N2O. The molecule has 0 aromatic carbocycles. The minimum atomic E-state index is 0.816. The zero-order valence-corrected chi connectivity index (χ0v) is 10.3. The molecule has 0 radical (unpaired) electrons. The van der Waals surface area contributed by atoms with E-state index in [1.54, 1.807) is 7.11 Å². The molecule has 3 nitrogen and oxygen atoms in total. The first-order valence-electron chi connectivity index (χ1n) is 6.28. The Balaban J connectivity index is 1.97. The largest absolute Gasteiger partial charge is 0.383 e. The summed E-state index contributed by atoms with van der Waals surface area (Å²) >= 11 is 0. The van der Waals surface area contributed by atoms with Gasteiger partial charge in [-0.05, 0) is 31.7 Å². The molecule has 0 heterocycles. The average molecular weight is 214 g/mol. The molecule has 0 unspecified atom stereocenters. The Labute approximate surface area is 94.2 Å². The van der Waals surface area contributed by atoms with E-state index in [1.807, 2.05) is 0 Å². The molecule has 1 fully saturated rings. The lowest BCUT2D eigenvalue weighted by Gasteiger charge is -2.21. The molecular weight excluding hydrogens is 188 g/mol. The molecule has 15 heavy (non-hydrogen) atoms. The van der Waals surface area contributed by atoms with Crippen LogP contribution in [0.25, 0.3) is 0 Å². The first-order chi connectivity index (χ1) is 7.36. The highest BCUT2D eigenvalue weighted by molar-refractivity contribution is 4.77. The van der Waals surface area contributed by atoms with Crippen LogP contribution >= 0.6 is 0 Å². The molecule has 0 spiro atoms. The highest BCUT2D eigenvalue weighted by Crippen LogP contribution is 2.29. The van der Waals surface area contributed by atoms with E-state index in [9.17, 15) is 0 Å². The van der Waals surface area contributed by atoms with Gasteiger partial charge >= 0.3 is 0 Å². The lowest BCUT2D eigenvalue weighted by atomic mass is 10.3. The number of rotatable bonds is 10. The van der Waals surface area contributed by atoms with Crippen molar-refractivity contribution in [2.75, 3.05) is 46.4 Å². The monoisotopic (exact) mass is 214 g/mol. The van der Waals surface area contributed by atoms with Gasteiger partial charge in [0.05, 0.1) is 6.61 Å². The fourth-order valence-electron chi connectivity index (χ4n) is 1.81. The Morgan fingerprint density at radius 2 is 2.07 bits per heavy atom. The molecule has 0 atom stereocenters. The Bertz CT molecular complexity index is 149. The van der Waals surface area contributed by atoms with Gasteiger partial charge in [0.1, 0.15) is 0 Å². The van der Waals surface area contributed by atoms with Crippen LogP contribution in [0, 0.1) is 5.92 Å². The van der Waals surface area contributed by atoms with Crippen molar-refractivity contribution in [3.63, 3.8) is 0 Å². The number of methoxy groups -OCH3 is 1. The molecule has 1 aliphatic rings. The SMILES string of the molecule is CCCN(CCNCCOC)CC1CC1. The van der Waals surface area contributed by atoms with Gasteiger partial charge in [-0.2, -0.15) is 0 Å². The minimum Gasteiger partial charge on any atom is -0.383 e. The number of hydrogen-bond acceptors (Lipinski definition) is 3.